The van der Waals surface area contributed by atoms with Crippen LogP contribution in [0.2, 0.25) is 0 Å². The van der Waals surface area contributed by atoms with Crippen molar-refractivity contribution in [1.29, 1.82) is 0 Å². The Hall–Kier alpha value is -1.56. The van der Waals surface area contributed by atoms with Gasteiger partial charge in [0.1, 0.15) is 0 Å². The second kappa shape index (κ2) is 4.61. The summed E-state index contributed by atoms with van der Waals surface area (Å²) >= 11 is 0. The lowest BCUT2D eigenvalue weighted by Crippen LogP contribution is -2.58. The van der Waals surface area contributed by atoms with Gasteiger partial charge in [-0.15, -0.1) is 0 Å². The van der Waals surface area contributed by atoms with E-state index in [1.807, 2.05) is 0 Å². The molecule has 2 rings (SSSR count). The minimum absolute atomic E-state index is 0.240. The number of amides is 1. The first-order chi connectivity index (χ1) is 8.49. The van der Waals surface area contributed by atoms with E-state index >= 15 is 0 Å². The Balaban J connectivity index is 2.22. The Bertz CT molecular complexity index is 481. The number of halogens is 3. The van der Waals surface area contributed by atoms with Crippen molar-refractivity contribution in [1.82, 2.24) is 5.32 Å². The molecule has 0 atom stereocenters. The lowest BCUT2D eigenvalue weighted by Gasteiger charge is -2.41. The van der Waals surface area contributed by atoms with Crippen molar-refractivity contribution in [2.24, 2.45) is 5.73 Å². The average Bonchev–Trinajstić information content (AvgIpc) is 2.31. The number of hydrogen-bond acceptors (Lipinski definition) is 2. The predicted molar refractivity (Wildman–Crippen MR) is 59.4 cm³/mol. The van der Waals surface area contributed by atoms with Crippen molar-refractivity contribution in [3.05, 3.63) is 35.1 Å². The maximum Gasteiger partial charge on any atom is 0.254 e. The van der Waals surface area contributed by atoms with Crippen molar-refractivity contribution < 1.29 is 18.0 Å². The fourth-order valence-electron chi connectivity index (χ4n) is 1.99. The van der Waals surface area contributed by atoms with E-state index < -0.39 is 34.5 Å². The summed E-state index contributed by atoms with van der Waals surface area (Å²) in [7, 11) is 0. The van der Waals surface area contributed by atoms with Gasteiger partial charge in [-0.2, -0.15) is 0 Å². The summed E-state index contributed by atoms with van der Waals surface area (Å²) in [5.41, 5.74) is 4.51. The highest BCUT2D eigenvalue weighted by atomic mass is 19.2. The maximum absolute atomic E-state index is 13.4. The van der Waals surface area contributed by atoms with Gasteiger partial charge in [0.05, 0.1) is 11.1 Å². The summed E-state index contributed by atoms with van der Waals surface area (Å²) in [6.45, 7) is 0.240. The first kappa shape index (κ1) is 12.9. The third-order valence-electron chi connectivity index (χ3n) is 3.36. The van der Waals surface area contributed by atoms with Gasteiger partial charge in [-0.3, -0.25) is 4.79 Å². The van der Waals surface area contributed by atoms with Crippen LogP contribution in [0.15, 0.2) is 12.1 Å². The molecular formula is C12H13F3N2O. The molecule has 1 aliphatic rings. The molecule has 0 heterocycles. The molecule has 6 heteroatoms. The third-order valence-corrected chi connectivity index (χ3v) is 3.36. The van der Waals surface area contributed by atoms with Gasteiger partial charge in [0, 0.05) is 6.54 Å². The van der Waals surface area contributed by atoms with Crippen molar-refractivity contribution in [3.8, 4) is 0 Å². The Labute approximate surface area is 102 Å². The first-order valence-electron chi connectivity index (χ1n) is 5.65. The summed E-state index contributed by atoms with van der Waals surface area (Å²) in [5, 5.41) is 2.59. The van der Waals surface area contributed by atoms with Gasteiger partial charge in [0.25, 0.3) is 5.91 Å². The Morgan fingerprint density at radius 1 is 1.28 bits per heavy atom. The van der Waals surface area contributed by atoms with Gasteiger partial charge >= 0.3 is 0 Å². The molecule has 3 N–H and O–H groups in total. The van der Waals surface area contributed by atoms with E-state index in [1.165, 1.54) is 0 Å². The van der Waals surface area contributed by atoms with E-state index in [9.17, 15) is 18.0 Å². The van der Waals surface area contributed by atoms with Crippen LogP contribution in [0.5, 0.6) is 0 Å². The molecule has 18 heavy (non-hydrogen) atoms. The zero-order chi connectivity index (χ0) is 13.3. The highest BCUT2D eigenvalue weighted by molar-refractivity contribution is 5.95. The molecule has 1 aromatic rings. The number of benzene rings is 1. The SMILES string of the molecule is NCC1(NC(=O)c2ccc(F)c(F)c2F)CCC1. The van der Waals surface area contributed by atoms with Crippen molar-refractivity contribution in [2.45, 2.75) is 24.8 Å². The van der Waals surface area contributed by atoms with Crippen LogP contribution in [-0.2, 0) is 0 Å². The highest BCUT2D eigenvalue weighted by Gasteiger charge is 2.37. The van der Waals surface area contributed by atoms with E-state index in [4.69, 9.17) is 5.73 Å². The van der Waals surface area contributed by atoms with Crippen LogP contribution in [-0.4, -0.2) is 18.0 Å². The summed E-state index contributed by atoms with van der Waals surface area (Å²) in [6.07, 6.45) is 2.35. The first-order valence-corrected chi connectivity index (χ1v) is 5.65. The van der Waals surface area contributed by atoms with E-state index in [2.05, 4.69) is 5.32 Å². The Morgan fingerprint density at radius 3 is 2.44 bits per heavy atom. The van der Waals surface area contributed by atoms with Crippen LogP contribution in [0.3, 0.4) is 0 Å². The van der Waals surface area contributed by atoms with Crippen LogP contribution in [0.4, 0.5) is 13.2 Å². The molecule has 0 aliphatic heterocycles. The quantitative estimate of drug-likeness (QED) is 0.811. The summed E-state index contributed by atoms with van der Waals surface area (Å²) in [6, 6.07) is 1.65. The van der Waals surface area contributed by atoms with Gasteiger partial charge in [-0.05, 0) is 31.4 Å². The van der Waals surface area contributed by atoms with Gasteiger partial charge in [-0.1, -0.05) is 0 Å². The van der Waals surface area contributed by atoms with Crippen LogP contribution < -0.4 is 11.1 Å². The number of carbonyl (C=O) groups excluding carboxylic acids is 1. The molecule has 1 aliphatic carbocycles. The van der Waals surface area contributed by atoms with Crippen molar-refractivity contribution in [3.63, 3.8) is 0 Å². The fourth-order valence-corrected chi connectivity index (χ4v) is 1.99. The second-order valence-electron chi connectivity index (χ2n) is 4.52. The van der Waals surface area contributed by atoms with Crippen molar-refractivity contribution >= 4 is 5.91 Å². The minimum atomic E-state index is -1.64. The molecule has 3 nitrogen and oxygen atoms in total. The molecule has 1 aromatic carbocycles. The van der Waals surface area contributed by atoms with Gasteiger partial charge in [0.2, 0.25) is 0 Å². The highest BCUT2D eigenvalue weighted by Crippen LogP contribution is 2.31. The van der Waals surface area contributed by atoms with Crippen LogP contribution in [0.25, 0.3) is 0 Å². The molecule has 0 aromatic heterocycles. The zero-order valence-electron chi connectivity index (χ0n) is 9.60. The van der Waals surface area contributed by atoms with Crippen LogP contribution >= 0.6 is 0 Å². The lowest BCUT2D eigenvalue weighted by atomic mass is 9.76. The molecule has 0 bridgehead atoms. The second-order valence-corrected chi connectivity index (χ2v) is 4.52. The largest absolute Gasteiger partial charge is 0.345 e. The number of rotatable bonds is 3. The third kappa shape index (κ3) is 2.08. The molecule has 0 radical (unpaired) electrons. The molecule has 1 fully saturated rings. The Kier molecular flexibility index (Phi) is 3.30. The minimum Gasteiger partial charge on any atom is -0.345 e. The summed E-state index contributed by atoms with van der Waals surface area (Å²) in [4.78, 5) is 11.8. The molecule has 0 saturated heterocycles. The summed E-state index contributed by atoms with van der Waals surface area (Å²) < 4.78 is 39.2. The zero-order valence-corrected chi connectivity index (χ0v) is 9.60. The van der Waals surface area contributed by atoms with Gasteiger partial charge in [-0.25, -0.2) is 13.2 Å². The summed E-state index contributed by atoms with van der Waals surface area (Å²) in [5.74, 6) is -5.20. The number of nitrogens with two attached hydrogens (primary N) is 1. The molecule has 1 amide bonds. The molecular weight excluding hydrogens is 245 g/mol. The monoisotopic (exact) mass is 258 g/mol. The Morgan fingerprint density at radius 2 is 1.94 bits per heavy atom. The van der Waals surface area contributed by atoms with Gasteiger partial charge in [0.15, 0.2) is 17.5 Å². The van der Waals surface area contributed by atoms with E-state index in [-0.39, 0.29) is 6.54 Å². The normalized spacial score (nSPS) is 17.1. The fraction of sp³-hybridized carbons (Fsp3) is 0.417. The molecule has 1 saturated carbocycles. The lowest BCUT2D eigenvalue weighted by molar-refractivity contribution is 0.0832. The maximum atomic E-state index is 13.4. The van der Waals surface area contributed by atoms with Gasteiger partial charge < -0.3 is 11.1 Å². The standard InChI is InChI=1S/C12H13F3N2O/c13-8-3-2-7(9(14)10(8)15)11(18)17-12(6-16)4-1-5-12/h2-3H,1,4-6,16H2,(H,17,18). The van der Waals surface area contributed by atoms with Crippen molar-refractivity contribution in [2.75, 3.05) is 6.54 Å². The average molecular weight is 258 g/mol. The van der Waals surface area contributed by atoms with E-state index in [0.29, 0.717) is 12.8 Å². The van der Waals surface area contributed by atoms with E-state index in [1.54, 1.807) is 0 Å². The number of hydrogen-bond donors (Lipinski definition) is 2. The number of carbonyl (C=O) groups is 1. The smallest absolute Gasteiger partial charge is 0.254 e. The van der Waals surface area contributed by atoms with E-state index in [0.717, 1.165) is 18.6 Å². The van der Waals surface area contributed by atoms with Crippen LogP contribution in [0.1, 0.15) is 29.6 Å². The number of nitrogens with one attached hydrogen (secondary N) is 1. The molecule has 98 valence electrons. The molecule has 0 spiro atoms. The topological polar surface area (TPSA) is 55.1 Å². The molecule has 0 unspecified atom stereocenters. The predicted octanol–water partition coefficient (Wildman–Crippen LogP) is 1.72. The van der Waals surface area contributed by atoms with Crippen LogP contribution in [0, 0.1) is 17.5 Å².